The fourth-order valence-corrected chi connectivity index (χ4v) is 3.84. The van der Waals surface area contributed by atoms with Crippen LogP contribution in [0.3, 0.4) is 0 Å². The summed E-state index contributed by atoms with van der Waals surface area (Å²) in [6, 6.07) is 15.1. The SMILES string of the molecule is CCc1cccc(-n2nc(C)c3c2NC(=O)CC3C(=O)c2cccc(OC)c2)c1. The fraction of sp³-hybridized carbons (Fsp3) is 0.261. The molecule has 1 aliphatic rings. The third-order valence-corrected chi connectivity index (χ3v) is 5.34. The Morgan fingerprint density at radius 2 is 2.03 bits per heavy atom. The maximum Gasteiger partial charge on any atom is 0.226 e. The first kappa shape index (κ1) is 18.9. The number of nitrogens with one attached hydrogen (secondary N) is 1. The number of ketones is 1. The molecule has 1 N–H and O–H groups in total. The summed E-state index contributed by atoms with van der Waals surface area (Å²) >= 11 is 0. The standard InChI is InChI=1S/C23H23N3O3/c1-4-15-7-5-9-17(11-15)26-23-21(14(2)25-26)19(13-20(27)24-23)22(28)16-8-6-10-18(12-16)29-3/h5-12,19H,4,13H2,1-3H3,(H,24,27). The number of methoxy groups -OCH3 is 1. The molecule has 6 heteroatoms. The summed E-state index contributed by atoms with van der Waals surface area (Å²) in [4.78, 5) is 25.8. The molecule has 4 rings (SSSR count). The van der Waals surface area contributed by atoms with Crippen LogP contribution in [-0.2, 0) is 11.2 Å². The highest BCUT2D eigenvalue weighted by molar-refractivity contribution is 6.08. The fourth-order valence-electron chi connectivity index (χ4n) is 3.84. The van der Waals surface area contributed by atoms with E-state index in [0.29, 0.717) is 17.1 Å². The minimum Gasteiger partial charge on any atom is -0.497 e. The summed E-state index contributed by atoms with van der Waals surface area (Å²) in [5, 5.41) is 7.59. The zero-order valence-corrected chi connectivity index (χ0v) is 16.7. The Hall–Kier alpha value is -3.41. The van der Waals surface area contributed by atoms with E-state index < -0.39 is 5.92 Å². The van der Waals surface area contributed by atoms with Crippen LogP contribution in [0.2, 0.25) is 0 Å². The molecule has 2 heterocycles. The van der Waals surface area contributed by atoms with Gasteiger partial charge in [-0.3, -0.25) is 9.59 Å². The lowest BCUT2D eigenvalue weighted by Crippen LogP contribution is -2.28. The minimum absolute atomic E-state index is 0.102. The Morgan fingerprint density at radius 1 is 1.24 bits per heavy atom. The molecule has 1 unspecified atom stereocenters. The number of nitrogens with zero attached hydrogens (tertiary/aromatic N) is 2. The molecule has 3 aromatic rings. The molecule has 1 atom stereocenters. The summed E-state index contributed by atoms with van der Waals surface area (Å²) in [6.07, 6.45) is 1.00. The van der Waals surface area contributed by atoms with E-state index >= 15 is 0 Å². The van der Waals surface area contributed by atoms with Gasteiger partial charge in [0.2, 0.25) is 5.91 Å². The van der Waals surface area contributed by atoms with Crippen molar-refractivity contribution in [2.45, 2.75) is 32.6 Å². The van der Waals surface area contributed by atoms with Crippen LogP contribution in [0.25, 0.3) is 5.69 Å². The molecule has 1 aromatic heterocycles. The number of aromatic nitrogens is 2. The molecule has 148 valence electrons. The van der Waals surface area contributed by atoms with Crippen LogP contribution in [0.15, 0.2) is 48.5 Å². The highest BCUT2D eigenvalue weighted by Crippen LogP contribution is 2.38. The van der Waals surface area contributed by atoms with E-state index in [0.717, 1.165) is 23.4 Å². The van der Waals surface area contributed by atoms with E-state index in [9.17, 15) is 9.59 Å². The molecule has 1 aliphatic heterocycles. The zero-order chi connectivity index (χ0) is 20.5. The summed E-state index contributed by atoms with van der Waals surface area (Å²) < 4.78 is 6.97. The average molecular weight is 389 g/mol. The molecule has 0 fully saturated rings. The summed E-state index contributed by atoms with van der Waals surface area (Å²) in [6.45, 7) is 3.97. The Bertz CT molecular complexity index is 1100. The van der Waals surface area contributed by atoms with Crippen LogP contribution < -0.4 is 10.1 Å². The van der Waals surface area contributed by atoms with Gasteiger partial charge in [-0.15, -0.1) is 0 Å². The quantitative estimate of drug-likeness (QED) is 0.668. The van der Waals surface area contributed by atoms with E-state index in [1.54, 1.807) is 36.1 Å². The van der Waals surface area contributed by atoms with Gasteiger partial charge in [0, 0.05) is 17.5 Å². The number of hydrogen-bond donors (Lipinski definition) is 1. The van der Waals surface area contributed by atoms with Crippen molar-refractivity contribution in [2.24, 2.45) is 0 Å². The molecule has 0 aliphatic carbocycles. The Labute approximate surface area is 169 Å². The number of carbonyl (C=O) groups excluding carboxylic acids is 2. The van der Waals surface area contributed by atoms with Crippen molar-refractivity contribution in [3.63, 3.8) is 0 Å². The minimum atomic E-state index is -0.575. The number of amides is 1. The first-order valence-electron chi connectivity index (χ1n) is 9.68. The van der Waals surface area contributed by atoms with Crippen molar-refractivity contribution in [3.05, 3.63) is 70.9 Å². The van der Waals surface area contributed by atoms with Gasteiger partial charge < -0.3 is 10.1 Å². The molecule has 0 saturated heterocycles. The third-order valence-electron chi connectivity index (χ3n) is 5.34. The molecule has 29 heavy (non-hydrogen) atoms. The molecular weight excluding hydrogens is 366 g/mol. The third kappa shape index (κ3) is 3.42. The Balaban J connectivity index is 1.80. The molecule has 2 aromatic carbocycles. The lowest BCUT2D eigenvalue weighted by Gasteiger charge is -2.23. The van der Waals surface area contributed by atoms with Gasteiger partial charge in [-0.2, -0.15) is 5.10 Å². The maximum absolute atomic E-state index is 13.3. The van der Waals surface area contributed by atoms with Crippen molar-refractivity contribution >= 4 is 17.5 Å². The highest BCUT2D eigenvalue weighted by Gasteiger charge is 2.36. The van der Waals surface area contributed by atoms with E-state index in [1.165, 1.54) is 5.56 Å². The molecule has 6 nitrogen and oxygen atoms in total. The van der Waals surface area contributed by atoms with Crippen molar-refractivity contribution in [1.82, 2.24) is 9.78 Å². The van der Waals surface area contributed by atoms with Gasteiger partial charge in [0.25, 0.3) is 0 Å². The van der Waals surface area contributed by atoms with Gasteiger partial charge in [0.1, 0.15) is 11.6 Å². The van der Waals surface area contributed by atoms with Gasteiger partial charge in [-0.1, -0.05) is 31.2 Å². The first-order valence-corrected chi connectivity index (χ1v) is 9.68. The largest absolute Gasteiger partial charge is 0.497 e. The molecule has 0 bridgehead atoms. The maximum atomic E-state index is 13.3. The van der Waals surface area contributed by atoms with Crippen LogP contribution in [0.4, 0.5) is 5.82 Å². The Kier molecular flexibility index (Phi) is 4.92. The van der Waals surface area contributed by atoms with Crippen molar-refractivity contribution in [2.75, 3.05) is 12.4 Å². The number of ether oxygens (including phenoxy) is 1. The van der Waals surface area contributed by atoms with E-state index in [4.69, 9.17) is 4.74 Å². The normalized spacial score (nSPS) is 15.6. The van der Waals surface area contributed by atoms with Crippen LogP contribution in [-0.4, -0.2) is 28.6 Å². The highest BCUT2D eigenvalue weighted by atomic mass is 16.5. The molecule has 0 spiro atoms. The lowest BCUT2D eigenvalue weighted by atomic mass is 9.85. The van der Waals surface area contributed by atoms with Gasteiger partial charge >= 0.3 is 0 Å². The monoisotopic (exact) mass is 389 g/mol. The van der Waals surface area contributed by atoms with Crippen molar-refractivity contribution < 1.29 is 14.3 Å². The van der Waals surface area contributed by atoms with Crippen LogP contribution in [0.1, 0.15) is 46.4 Å². The molecule has 1 amide bonds. The van der Waals surface area contributed by atoms with E-state index in [2.05, 4.69) is 23.4 Å². The first-order chi connectivity index (χ1) is 14.0. The summed E-state index contributed by atoms with van der Waals surface area (Å²) in [7, 11) is 1.56. The van der Waals surface area contributed by atoms with Crippen LogP contribution >= 0.6 is 0 Å². The van der Waals surface area contributed by atoms with E-state index in [1.807, 2.05) is 25.1 Å². The number of fused-ring (bicyclic) bond motifs is 1. The predicted octanol–water partition coefficient (Wildman–Crippen LogP) is 4.06. The summed E-state index contributed by atoms with van der Waals surface area (Å²) in [5.41, 5.74) is 4.08. The second-order valence-corrected chi connectivity index (χ2v) is 7.18. The second kappa shape index (κ2) is 7.54. The number of rotatable bonds is 5. The topological polar surface area (TPSA) is 73.2 Å². The second-order valence-electron chi connectivity index (χ2n) is 7.18. The number of carbonyl (C=O) groups is 2. The lowest BCUT2D eigenvalue weighted by molar-refractivity contribution is -0.116. The van der Waals surface area contributed by atoms with Crippen molar-refractivity contribution in [3.8, 4) is 11.4 Å². The molecule has 0 radical (unpaired) electrons. The average Bonchev–Trinajstić information content (AvgIpc) is 3.08. The van der Waals surface area contributed by atoms with Crippen LogP contribution in [0, 0.1) is 6.92 Å². The van der Waals surface area contributed by atoms with Crippen LogP contribution in [0.5, 0.6) is 5.75 Å². The number of aryl methyl sites for hydroxylation is 2. The zero-order valence-electron chi connectivity index (χ0n) is 16.7. The predicted molar refractivity (Wildman–Crippen MR) is 111 cm³/mol. The van der Waals surface area contributed by atoms with Gasteiger partial charge in [0.05, 0.1) is 24.4 Å². The molecule has 0 saturated carbocycles. The Morgan fingerprint density at radius 3 is 2.79 bits per heavy atom. The number of anilines is 1. The van der Waals surface area contributed by atoms with Gasteiger partial charge in [-0.05, 0) is 43.2 Å². The number of hydrogen-bond acceptors (Lipinski definition) is 4. The molecular formula is C23H23N3O3. The van der Waals surface area contributed by atoms with Crippen molar-refractivity contribution in [1.29, 1.82) is 0 Å². The van der Waals surface area contributed by atoms with E-state index in [-0.39, 0.29) is 18.1 Å². The van der Waals surface area contributed by atoms with Gasteiger partial charge in [-0.25, -0.2) is 4.68 Å². The smallest absolute Gasteiger partial charge is 0.226 e. The van der Waals surface area contributed by atoms with Gasteiger partial charge in [0.15, 0.2) is 5.78 Å². The summed E-state index contributed by atoms with van der Waals surface area (Å²) in [5.74, 6) is 0.318. The number of benzene rings is 2. The number of Topliss-reactive ketones (excluding diaryl/α,β-unsaturated/α-hetero) is 1.